The summed E-state index contributed by atoms with van der Waals surface area (Å²) in [7, 11) is 1.63. The molecule has 0 aromatic rings. The van der Waals surface area contributed by atoms with Gasteiger partial charge in [-0.2, -0.15) is 0 Å². The fourth-order valence-corrected chi connectivity index (χ4v) is 1.53. The molecule has 2 unspecified atom stereocenters. The molecule has 2 atom stereocenters. The van der Waals surface area contributed by atoms with Crippen LogP contribution in [0.2, 0.25) is 0 Å². The van der Waals surface area contributed by atoms with Crippen LogP contribution in [0.15, 0.2) is 0 Å². The quantitative estimate of drug-likeness (QED) is 0.575. The molecule has 0 radical (unpaired) electrons. The van der Waals surface area contributed by atoms with Crippen molar-refractivity contribution in [2.75, 3.05) is 26.8 Å². The lowest BCUT2D eigenvalue weighted by Gasteiger charge is -2.05. The maximum Gasteiger partial charge on any atom is 0.234 e. The van der Waals surface area contributed by atoms with Crippen LogP contribution in [0.4, 0.5) is 0 Å². The summed E-state index contributed by atoms with van der Waals surface area (Å²) in [6.07, 6.45) is 2.44. The first-order valence-electron chi connectivity index (χ1n) is 5.27. The van der Waals surface area contributed by atoms with Gasteiger partial charge in [0.15, 0.2) is 0 Å². The Morgan fingerprint density at radius 1 is 1.57 bits per heavy atom. The van der Waals surface area contributed by atoms with Gasteiger partial charge < -0.3 is 15.4 Å². The Balaban J connectivity index is 1.93. The molecule has 0 aliphatic heterocycles. The number of rotatable bonds is 7. The first kappa shape index (κ1) is 11.5. The van der Waals surface area contributed by atoms with Gasteiger partial charge in [-0.15, -0.1) is 0 Å². The van der Waals surface area contributed by atoms with Gasteiger partial charge in [0, 0.05) is 19.7 Å². The van der Waals surface area contributed by atoms with E-state index in [0.29, 0.717) is 25.7 Å². The van der Waals surface area contributed by atoms with Crippen molar-refractivity contribution in [2.24, 2.45) is 5.92 Å². The van der Waals surface area contributed by atoms with Crippen molar-refractivity contribution in [3.05, 3.63) is 0 Å². The van der Waals surface area contributed by atoms with Crippen molar-refractivity contribution < 1.29 is 9.53 Å². The highest BCUT2D eigenvalue weighted by Gasteiger charge is 2.34. The van der Waals surface area contributed by atoms with E-state index >= 15 is 0 Å². The highest BCUT2D eigenvalue weighted by atomic mass is 16.5. The van der Waals surface area contributed by atoms with E-state index in [1.165, 1.54) is 12.8 Å². The van der Waals surface area contributed by atoms with Gasteiger partial charge in [-0.05, 0) is 12.3 Å². The van der Waals surface area contributed by atoms with Crippen LogP contribution in [0.3, 0.4) is 0 Å². The Morgan fingerprint density at radius 2 is 2.36 bits per heavy atom. The van der Waals surface area contributed by atoms with Gasteiger partial charge in [-0.1, -0.05) is 13.3 Å². The van der Waals surface area contributed by atoms with Crippen LogP contribution in [-0.2, 0) is 9.53 Å². The Labute approximate surface area is 85.4 Å². The molecule has 0 spiro atoms. The lowest BCUT2D eigenvalue weighted by molar-refractivity contribution is -0.120. The first-order valence-corrected chi connectivity index (χ1v) is 5.27. The highest BCUT2D eigenvalue weighted by Crippen LogP contribution is 2.32. The summed E-state index contributed by atoms with van der Waals surface area (Å²) >= 11 is 0. The summed E-state index contributed by atoms with van der Waals surface area (Å²) in [4.78, 5) is 11.2. The number of carbonyl (C=O) groups excluding carboxylic acids is 1. The van der Waals surface area contributed by atoms with Crippen molar-refractivity contribution in [3.63, 3.8) is 0 Å². The van der Waals surface area contributed by atoms with Crippen molar-refractivity contribution in [1.29, 1.82) is 0 Å². The summed E-state index contributed by atoms with van der Waals surface area (Å²) in [6, 6.07) is 0.577. The van der Waals surface area contributed by atoms with Crippen LogP contribution >= 0.6 is 0 Å². The Bertz CT molecular complexity index is 185. The maximum absolute atomic E-state index is 11.2. The lowest BCUT2D eigenvalue weighted by atomic mass is 10.3. The van der Waals surface area contributed by atoms with Crippen molar-refractivity contribution in [3.8, 4) is 0 Å². The fraction of sp³-hybridized carbons (Fsp3) is 0.900. The van der Waals surface area contributed by atoms with Crippen LogP contribution in [0, 0.1) is 5.92 Å². The number of nitrogens with one attached hydrogen (secondary N) is 2. The molecule has 1 saturated carbocycles. The molecular formula is C10H20N2O2. The number of hydrogen-bond donors (Lipinski definition) is 2. The largest absolute Gasteiger partial charge is 0.383 e. The molecule has 0 bridgehead atoms. The van der Waals surface area contributed by atoms with Gasteiger partial charge in [0.1, 0.15) is 0 Å². The number of methoxy groups -OCH3 is 1. The van der Waals surface area contributed by atoms with E-state index < -0.39 is 0 Å². The van der Waals surface area contributed by atoms with Gasteiger partial charge in [0.2, 0.25) is 5.91 Å². The third-order valence-corrected chi connectivity index (χ3v) is 2.60. The van der Waals surface area contributed by atoms with Gasteiger partial charge >= 0.3 is 0 Å². The predicted molar refractivity (Wildman–Crippen MR) is 55.1 cm³/mol. The molecule has 4 heteroatoms. The van der Waals surface area contributed by atoms with E-state index in [1.54, 1.807) is 7.11 Å². The summed E-state index contributed by atoms with van der Waals surface area (Å²) in [5, 5.41) is 6.00. The number of ether oxygens (including phenoxy) is 1. The molecule has 0 saturated heterocycles. The average molecular weight is 200 g/mol. The van der Waals surface area contributed by atoms with Crippen LogP contribution in [0.1, 0.15) is 19.8 Å². The van der Waals surface area contributed by atoms with E-state index in [4.69, 9.17) is 4.74 Å². The van der Waals surface area contributed by atoms with Crippen LogP contribution in [0.25, 0.3) is 0 Å². The second-order valence-corrected chi connectivity index (χ2v) is 3.73. The van der Waals surface area contributed by atoms with E-state index in [9.17, 15) is 4.79 Å². The van der Waals surface area contributed by atoms with E-state index in [0.717, 1.165) is 5.92 Å². The standard InChI is InChI=1S/C10H20N2O2/c1-3-8-6-9(8)12-7-10(13)11-4-5-14-2/h8-9,12H,3-7H2,1-2H3,(H,11,13). The SMILES string of the molecule is CCC1CC1NCC(=O)NCCOC. The Kier molecular flexibility index (Phi) is 4.90. The molecule has 0 aromatic carbocycles. The lowest BCUT2D eigenvalue weighted by Crippen LogP contribution is -2.36. The molecule has 4 nitrogen and oxygen atoms in total. The van der Waals surface area contributed by atoms with Crippen molar-refractivity contribution in [2.45, 2.75) is 25.8 Å². The Morgan fingerprint density at radius 3 is 2.93 bits per heavy atom. The maximum atomic E-state index is 11.2. The first-order chi connectivity index (χ1) is 6.77. The Hall–Kier alpha value is -0.610. The summed E-state index contributed by atoms with van der Waals surface area (Å²) in [5.74, 6) is 0.852. The summed E-state index contributed by atoms with van der Waals surface area (Å²) < 4.78 is 4.83. The molecule has 1 aliphatic rings. The minimum Gasteiger partial charge on any atom is -0.383 e. The zero-order chi connectivity index (χ0) is 10.4. The second-order valence-electron chi connectivity index (χ2n) is 3.73. The molecule has 82 valence electrons. The van der Waals surface area contributed by atoms with E-state index in [2.05, 4.69) is 17.6 Å². The van der Waals surface area contributed by atoms with Crippen LogP contribution in [-0.4, -0.2) is 38.8 Å². The van der Waals surface area contributed by atoms with Gasteiger partial charge in [-0.25, -0.2) is 0 Å². The smallest absolute Gasteiger partial charge is 0.234 e. The average Bonchev–Trinajstić information content (AvgIpc) is 2.94. The molecule has 0 heterocycles. The minimum absolute atomic E-state index is 0.0591. The second kappa shape index (κ2) is 5.98. The minimum atomic E-state index is 0.0591. The van der Waals surface area contributed by atoms with Crippen molar-refractivity contribution in [1.82, 2.24) is 10.6 Å². The molecule has 2 N–H and O–H groups in total. The number of amides is 1. The van der Waals surface area contributed by atoms with E-state index in [1.807, 2.05) is 0 Å². The highest BCUT2D eigenvalue weighted by molar-refractivity contribution is 5.78. The zero-order valence-corrected chi connectivity index (χ0v) is 9.01. The number of hydrogen-bond acceptors (Lipinski definition) is 3. The molecular weight excluding hydrogens is 180 g/mol. The molecule has 1 amide bonds. The summed E-state index contributed by atoms with van der Waals surface area (Å²) in [5.41, 5.74) is 0. The molecule has 1 rings (SSSR count). The zero-order valence-electron chi connectivity index (χ0n) is 9.01. The van der Waals surface area contributed by atoms with Gasteiger partial charge in [0.25, 0.3) is 0 Å². The molecule has 0 aromatic heterocycles. The molecule has 1 aliphatic carbocycles. The third-order valence-electron chi connectivity index (χ3n) is 2.60. The van der Waals surface area contributed by atoms with Gasteiger partial charge in [-0.3, -0.25) is 4.79 Å². The van der Waals surface area contributed by atoms with E-state index in [-0.39, 0.29) is 5.91 Å². The summed E-state index contributed by atoms with van der Waals surface area (Å²) in [6.45, 7) is 3.79. The molecule has 14 heavy (non-hydrogen) atoms. The van der Waals surface area contributed by atoms with Gasteiger partial charge in [0.05, 0.1) is 13.2 Å². The molecule has 1 fully saturated rings. The fourth-order valence-electron chi connectivity index (χ4n) is 1.53. The third kappa shape index (κ3) is 4.07. The van der Waals surface area contributed by atoms with Crippen LogP contribution < -0.4 is 10.6 Å². The topological polar surface area (TPSA) is 50.4 Å². The van der Waals surface area contributed by atoms with Crippen LogP contribution in [0.5, 0.6) is 0 Å². The van der Waals surface area contributed by atoms with Crippen molar-refractivity contribution >= 4 is 5.91 Å². The number of carbonyl (C=O) groups is 1. The normalized spacial score (nSPS) is 24.7. The predicted octanol–water partition coefficient (Wildman–Crippen LogP) is 0.137. The monoisotopic (exact) mass is 200 g/mol.